The smallest absolute Gasteiger partial charge is 0.301 e. The fourth-order valence-electron chi connectivity index (χ4n) is 9.20. The van der Waals surface area contributed by atoms with E-state index in [-0.39, 0.29) is 40.4 Å². The second-order valence-corrected chi connectivity index (χ2v) is 18.7. The number of nitrogens with zero attached hydrogens (tertiary/aromatic N) is 7. The Kier molecular flexibility index (Phi) is 12.2. The van der Waals surface area contributed by atoms with E-state index in [1.54, 1.807) is 41.5 Å². The summed E-state index contributed by atoms with van der Waals surface area (Å²) in [7, 11) is -3.98. The zero-order valence-electron chi connectivity index (χ0n) is 34.5. The van der Waals surface area contributed by atoms with Gasteiger partial charge in [0.2, 0.25) is 11.8 Å². The summed E-state index contributed by atoms with van der Waals surface area (Å²) in [6.45, 7) is 6.27. The van der Waals surface area contributed by atoms with Crippen LogP contribution in [0.25, 0.3) is 28.1 Å². The predicted octanol–water partition coefficient (Wildman–Crippen LogP) is 6.98. The third-order valence-corrected chi connectivity index (χ3v) is 14.4. The molecule has 0 saturated carbocycles. The van der Waals surface area contributed by atoms with Crippen molar-refractivity contribution in [1.29, 1.82) is 0 Å². The molecule has 0 bridgehead atoms. The van der Waals surface area contributed by atoms with E-state index in [0.29, 0.717) is 48.9 Å². The number of hydrogen-bond donors (Lipinski definition) is 2. The molecule has 4 saturated heterocycles. The second kappa shape index (κ2) is 17.9. The van der Waals surface area contributed by atoms with E-state index in [2.05, 4.69) is 24.8 Å². The van der Waals surface area contributed by atoms with E-state index < -0.39 is 45.4 Å². The lowest BCUT2D eigenvalue weighted by molar-refractivity contribution is -0.134. The molecule has 0 unspecified atom stereocenters. The Morgan fingerprint density at radius 3 is 2.16 bits per heavy atom. The Balaban J connectivity index is 0.830. The maximum Gasteiger partial charge on any atom is 0.301 e. The van der Waals surface area contributed by atoms with Crippen LogP contribution < -0.4 is 19.8 Å². The van der Waals surface area contributed by atoms with Crippen LogP contribution in [-0.2, 0) is 19.8 Å². The van der Waals surface area contributed by atoms with Crippen molar-refractivity contribution in [3.05, 3.63) is 107 Å². The molecule has 9 rings (SSSR count). The van der Waals surface area contributed by atoms with E-state index >= 15 is 13.2 Å². The molecule has 2 aromatic heterocycles. The maximum absolute atomic E-state index is 16.4. The fraction of sp³-hybridized carbons (Fsp3) is 0.378. The Morgan fingerprint density at radius 1 is 0.762 bits per heavy atom. The Hall–Kier alpha value is -5.49. The monoisotopic (exact) mass is 901 g/mol. The lowest BCUT2D eigenvalue weighted by Gasteiger charge is -2.40. The largest absolute Gasteiger partial charge is 0.369 e. The molecule has 0 aliphatic carbocycles. The Labute approximate surface area is 369 Å². The van der Waals surface area contributed by atoms with Crippen LogP contribution in [0.4, 0.5) is 30.2 Å². The van der Waals surface area contributed by atoms with Crippen molar-refractivity contribution >= 4 is 50.7 Å². The number of anilines is 3. The van der Waals surface area contributed by atoms with Gasteiger partial charge in [0.05, 0.1) is 23.0 Å². The highest BCUT2D eigenvalue weighted by atomic mass is 35.5. The summed E-state index contributed by atoms with van der Waals surface area (Å²) in [6, 6.07) is 17.3. The highest BCUT2D eigenvalue weighted by molar-refractivity contribution is 7.90. The van der Waals surface area contributed by atoms with Crippen LogP contribution in [-0.4, -0.2) is 103 Å². The second-order valence-electron chi connectivity index (χ2n) is 16.6. The molecular formula is C45H47ClF3N9O4S. The lowest BCUT2D eigenvalue weighted by atomic mass is 9.89. The van der Waals surface area contributed by atoms with Crippen LogP contribution in [0.3, 0.4) is 0 Å². The molecule has 2 N–H and O–H groups in total. The molecule has 1 atom stereocenters. The highest BCUT2D eigenvalue weighted by Gasteiger charge is 2.33. The normalized spacial score (nSPS) is 19.5. The summed E-state index contributed by atoms with van der Waals surface area (Å²) >= 11 is 6.50. The van der Waals surface area contributed by atoms with Gasteiger partial charge in [0.15, 0.2) is 17.5 Å². The molecule has 0 spiro atoms. The molecule has 63 heavy (non-hydrogen) atoms. The number of carbonyl (C=O) groups is 2. The number of amides is 2. The van der Waals surface area contributed by atoms with E-state index in [0.717, 1.165) is 69.8 Å². The quantitative estimate of drug-likeness (QED) is 0.135. The molecule has 13 nitrogen and oxygen atoms in total. The number of piperazine rings is 1. The van der Waals surface area contributed by atoms with Crippen molar-refractivity contribution in [2.45, 2.75) is 44.4 Å². The van der Waals surface area contributed by atoms with Crippen LogP contribution in [0.2, 0.25) is 5.02 Å². The molecule has 5 aromatic rings. The topological polar surface area (TPSA) is 136 Å². The first-order valence-corrected chi connectivity index (χ1v) is 23.2. The summed E-state index contributed by atoms with van der Waals surface area (Å²) in [4.78, 5) is 34.6. The van der Waals surface area contributed by atoms with Gasteiger partial charge in [-0.15, -0.1) is 0 Å². The van der Waals surface area contributed by atoms with Crippen molar-refractivity contribution in [2.75, 3.05) is 73.4 Å². The maximum atomic E-state index is 16.4. The standard InChI is InChI=1S/C45H47ClF3N9O4S/c46-31-25-36(41(47)38(26-31)53-63(61,62)57-17-1-2-18-57)37-28-58(52-44(37)30-11-15-50-16-12-30)33-5-3-32(4-6-33)55-23-21-54(22-24-55)27-29-13-19-56(20-14-29)39-9-7-34(42(48)43(39)49)35-8-10-40(59)51-45(35)60/h3-7,9,11-12,15-16,25-26,28-29,35,53H,1-2,8,10,13-14,17-24,27H2,(H,51,59,60)/t35-/m1/s1. The molecule has 4 fully saturated rings. The van der Waals surface area contributed by atoms with Gasteiger partial charge in [-0.2, -0.15) is 17.8 Å². The minimum atomic E-state index is -3.98. The summed E-state index contributed by atoms with van der Waals surface area (Å²) in [5, 5.41) is 7.26. The number of nitrogens with one attached hydrogen (secondary N) is 2. The highest BCUT2D eigenvalue weighted by Crippen LogP contribution is 2.39. The third-order valence-electron chi connectivity index (χ3n) is 12.7. The van der Waals surface area contributed by atoms with Gasteiger partial charge in [-0.3, -0.25) is 29.5 Å². The molecule has 2 amide bonds. The van der Waals surface area contributed by atoms with Gasteiger partial charge in [0.1, 0.15) is 5.69 Å². The number of benzene rings is 3. The van der Waals surface area contributed by atoms with E-state index in [9.17, 15) is 18.0 Å². The van der Waals surface area contributed by atoms with Gasteiger partial charge in [-0.05, 0) is 92.6 Å². The van der Waals surface area contributed by atoms with Crippen LogP contribution in [0.15, 0.2) is 79.3 Å². The van der Waals surface area contributed by atoms with Crippen LogP contribution in [0.5, 0.6) is 0 Å². The number of pyridine rings is 1. The third kappa shape index (κ3) is 9.01. The lowest BCUT2D eigenvalue weighted by Crippen LogP contribution is -2.49. The van der Waals surface area contributed by atoms with Crippen molar-refractivity contribution in [3.8, 4) is 28.1 Å². The first-order chi connectivity index (χ1) is 30.4. The number of halogens is 4. The summed E-state index contributed by atoms with van der Waals surface area (Å²) < 4.78 is 78.5. The zero-order valence-corrected chi connectivity index (χ0v) is 36.0. The van der Waals surface area contributed by atoms with Crippen LogP contribution >= 0.6 is 11.6 Å². The summed E-state index contributed by atoms with van der Waals surface area (Å²) in [5.74, 6) is -4.20. The Bertz CT molecular complexity index is 2610. The predicted molar refractivity (Wildman–Crippen MR) is 236 cm³/mol. The number of aromatic nitrogens is 3. The zero-order chi connectivity index (χ0) is 43.8. The minimum absolute atomic E-state index is 0.0141. The van der Waals surface area contributed by atoms with Gasteiger partial charge < -0.3 is 9.80 Å². The fourth-order valence-corrected chi connectivity index (χ4v) is 10.7. The van der Waals surface area contributed by atoms with E-state index in [1.807, 2.05) is 29.2 Å². The van der Waals surface area contributed by atoms with Gasteiger partial charge >= 0.3 is 10.2 Å². The van der Waals surface area contributed by atoms with Gasteiger partial charge in [-0.1, -0.05) is 17.7 Å². The number of carbonyl (C=O) groups excluding carboxylic acids is 2. The number of piperidine rings is 2. The molecule has 4 aliphatic rings. The average Bonchev–Trinajstić information content (AvgIpc) is 4.00. The average molecular weight is 902 g/mol. The van der Waals surface area contributed by atoms with Crippen LogP contribution in [0, 0.1) is 23.4 Å². The van der Waals surface area contributed by atoms with Crippen molar-refractivity contribution in [1.82, 2.24) is 29.3 Å². The molecule has 3 aromatic carbocycles. The van der Waals surface area contributed by atoms with E-state index in [1.165, 1.54) is 22.5 Å². The SMILES string of the molecule is O=C1CC[C@H](c2ccc(N3CCC(CN4CCN(c5ccc(-n6cc(-c7cc(Cl)cc(NS(=O)(=O)N8CCCC8)c7F)c(-c7ccncc7)n6)cc5)CC4)CC3)c(F)c2F)C(=O)N1. The molecule has 18 heteroatoms. The van der Waals surface area contributed by atoms with E-state index in [4.69, 9.17) is 16.7 Å². The van der Waals surface area contributed by atoms with Gasteiger partial charge in [-0.25, -0.2) is 17.9 Å². The first kappa shape index (κ1) is 42.8. The minimum Gasteiger partial charge on any atom is -0.369 e. The molecule has 6 heterocycles. The van der Waals surface area contributed by atoms with Gasteiger partial charge in [0, 0.05) is 117 Å². The van der Waals surface area contributed by atoms with Crippen LogP contribution in [0.1, 0.15) is 50.0 Å². The molecule has 0 radical (unpaired) electrons. The van der Waals surface area contributed by atoms with Crippen molar-refractivity contribution < 1.29 is 31.2 Å². The van der Waals surface area contributed by atoms with Gasteiger partial charge in [0.25, 0.3) is 0 Å². The number of rotatable bonds is 11. The summed E-state index contributed by atoms with van der Waals surface area (Å²) in [6.07, 6.45) is 8.39. The number of hydrogen-bond acceptors (Lipinski definition) is 9. The Morgan fingerprint density at radius 2 is 1.46 bits per heavy atom. The summed E-state index contributed by atoms with van der Waals surface area (Å²) in [5.41, 5.74) is 3.44. The molecular weight excluding hydrogens is 855 g/mol. The molecule has 330 valence electrons. The van der Waals surface area contributed by atoms with Crippen molar-refractivity contribution in [2.24, 2.45) is 5.92 Å². The van der Waals surface area contributed by atoms with Crippen molar-refractivity contribution in [3.63, 3.8) is 0 Å². The molecule has 4 aliphatic heterocycles. The number of imide groups is 1. The first-order valence-electron chi connectivity index (χ1n) is 21.3.